The summed E-state index contributed by atoms with van der Waals surface area (Å²) in [6, 6.07) is 7.32. The first kappa shape index (κ1) is 18.0. The van der Waals surface area contributed by atoms with E-state index >= 15 is 0 Å². The van der Waals surface area contributed by atoms with Crippen LogP contribution in [0.3, 0.4) is 0 Å². The monoisotopic (exact) mass is 358 g/mol. The van der Waals surface area contributed by atoms with E-state index in [1.165, 1.54) is 0 Å². The predicted octanol–water partition coefficient (Wildman–Crippen LogP) is 2.39. The second kappa shape index (κ2) is 7.59. The molecule has 0 saturated heterocycles. The molecule has 1 amide bonds. The molecule has 3 rings (SSSR count). The van der Waals surface area contributed by atoms with Gasteiger partial charge in [0, 0.05) is 6.04 Å². The lowest BCUT2D eigenvalue weighted by Gasteiger charge is -2.32. The molecule has 0 atom stereocenters. The van der Waals surface area contributed by atoms with Gasteiger partial charge in [0.15, 0.2) is 0 Å². The molecule has 1 aromatic carbocycles. The van der Waals surface area contributed by atoms with E-state index < -0.39 is 5.97 Å². The molecule has 1 fully saturated rings. The van der Waals surface area contributed by atoms with Gasteiger partial charge in [-0.15, -0.1) is 0 Å². The van der Waals surface area contributed by atoms with Crippen LogP contribution in [-0.2, 0) is 22.6 Å². The number of carbonyl (C=O) groups excluding carboxylic acids is 1. The molecule has 0 radical (unpaired) electrons. The average molecular weight is 358 g/mol. The van der Waals surface area contributed by atoms with Crippen LogP contribution in [0.5, 0.6) is 5.75 Å². The fourth-order valence-electron chi connectivity index (χ4n) is 2.97. The SMILES string of the molecule is Cc1noc(C)c1COc1ccc(CC(=O)NC2CC(C(=O)O)C2)cc1. The van der Waals surface area contributed by atoms with E-state index in [4.69, 9.17) is 14.4 Å². The molecule has 1 aromatic heterocycles. The molecular weight excluding hydrogens is 336 g/mol. The Morgan fingerprint density at radius 3 is 2.54 bits per heavy atom. The molecule has 138 valence electrons. The summed E-state index contributed by atoms with van der Waals surface area (Å²) in [5, 5.41) is 15.6. The van der Waals surface area contributed by atoms with Crippen molar-refractivity contribution < 1.29 is 24.0 Å². The molecule has 2 aromatic rings. The third-order valence-electron chi connectivity index (χ3n) is 4.70. The molecule has 7 nitrogen and oxygen atoms in total. The normalized spacial score (nSPS) is 18.8. The van der Waals surface area contributed by atoms with Gasteiger partial charge in [-0.25, -0.2) is 0 Å². The number of hydrogen-bond acceptors (Lipinski definition) is 5. The Bertz CT molecular complexity index is 771. The average Bonchev–Trinajstić information content (AvgIpc) is 2.88. The van der Waals surface area contributed by atoms with Gasteiger partial charge in [0.25, 0.3) is 0 Å². The summed E-state index contributed by atoms with van der Waals surface area (Å²) in [7, 11) is 0. The molecule has 2 N–H and O–H groups in total. The van der Waals surface area contributed by atoms with E-state index in [1.807, 2.05) is 38.1 Å². The minimum absolute atomic E-state index is 0.0266. The van der Waals surface area contributed by atoms with E-state index in [0.717, 1.165) is 22.6 Å². The standard InChI is InChI=1S/C19H22N2O5/c1-11-17(12(2)26-21-11)10-25-16-5-3-13(4-6-16)7-18(22)20-15-8-14(9-15)19(23)24/h3-6,14-15H,7-10H2,1-2H3,(H,20,22)(H,23,24). The molecule has 1 aliphatic carbocycles. The summed E-state index contributed by atoms with van der Waals surface area (Å²) in [5.41, 5.74) is 2.63. The lowest BCUT2D eigenvalue weighted by atomic mass is 9.80. The van der Waals surface area contributed by atoms with Gasteiger partial charge in [-0.05, 0) is 44.4 Å². The minimum atomic E-state index is -0.789. The second-order valence-electron chi connectivity index (χ2n) is 6.68. The Balaban J connectivity index is 1.45. The molecule has 0 aliphatic heterocycles. The fourth-order valence-corrected chi connectivity index (χ4v) is 2.97. The number of nitrogens with one attached hydrogen (secondary N) is 1. The number of carbonyl (C=O) groups is 2. The summed E-state index contributed by atoms with van der Waals surface area (Å²) in [6.07, 6.45) is 1.28. The zero-order valence-corrected chi connectivity index (χ0v) is 14.8. The Morgan fingerprint density at radius 2 is 1.96 bits per heavy atom. The first-order valence-corrected chi connectivity index (χ1v) is 8.58. The van der Waals surface area contributed by atoms with Crippen molar-refractivity contribution in [1.29, 1.82) is 0 Å². The van der Waals surface area contributed by atoms with E-state index in [-0.39, 0.29) is 24.3 Å². The van der Waals surface area contributed by atoms with Gasteiger partial charge in [-0.2, -0.15) is 0 Å². The van der Waals surface area contributed by atoms with E-state index in [2.05, 4.69) is 10.5 Å². The highest BCUT2D eigenvalue weighted by atomic mass is 16.5. The lowest BCUT2D eigenvalue weighted by molar-refractivity contribution is -0.146. The lowest BCUT2D eigenvalue weighted by Crippen LogP contribution is -2.47. The highest BCUT2D eigenvalue weighted by Crippen LogP contribution is 2.27. The van der Waals surface area contributed by atoms with Crippen LogP contribution in [-0.4, -0.2) is 28.2 Å². The number of carboxylic acids is 1. The Labute approximate surface area is 151 Å². The van der Waals surface area contributed by atoms with Gasteiger partial charge < -0.3 is 19.7 Å². The van der Waals surface area contributed by atoms with Crippen LogP contribution >= 0.6 is 0 Å². The number of hydrogen-bond donors (Lipinski definition) is 2. The Hall–Kier alpha value is -2.83. The fraction of sp³-hybridized carbons (Fsp3) is 0.421. The third kappa shape index (κ3) is 4.22. The first-order valence-electron chi connectivity index (χ1n) is 8.58. The van der Waals surface area contributed by atoms with Crippen LogP contribution < -0.4 is 10.1 Å². The summed E-state index contributed by atoms with van der Waals surface area (Å²) in [6.45, 7) is 4.10. The maximum absolute atomic E-state index is 12.0. The topological polar surface area (TPSA) is 102 Å². The number of benzene rings is 1. The summed E-state index contributed by atoms with van der Waals surface area (Å²) in [5.74, 6) is 0.245. The van der Waals surface area contributed by atoms with Crippen molar-refractivity contribution >= 4 is 11.9 Å². The van der Waals surface area contributed by atoms with Crippen molar-refractivity contribution in [2.24, 2.45) is 5.92 Å². The van der Waals surface area contributed by atoms with Crippen LogP contribution in [0, 0.1) is 19.8 Å². The molecule has 7 heteroatoms. The van der Waals surface area contributed by atoms with Crippen molar-refractivity contribution in [2.45, 2.75) is 45.8 Å². The maximum atomic E-state index is 12.0. The van der Waals surface area contributed by atoms with Crippen molar-refractivity contribution in [3.05, 3.63) is 46.8 Å². The Morgan fingerprint density at radius 1 is 1.27 bits per heavy atom. The van der Waals surface area contributed by atoms with Gasteiger partial charge in [0.2, 0.25) is 5.91 Å². The molecule has 0 bridgehead atoms. The van der Waals surface area contributed by atoms with E-state index in [1.54, 1.807) is 0 Å². The number of aliphatic carboxylic acids is 1. The molecule has 1 saturated carbocycles. The van der Waals surface area contributed by atoms with Crippen molar-refractivity contribution in [3.8, 4) is 5.75 Å². The molecule has 1 heterocycles. The van der Waals surface area contributed by atoms with Gasteiger partial charge in [0.05, 0.1) is 23.6 Å². The molecule has 26 heavy (non-hydrogen) atoms. The number of aryl methyl sites for hydroxylation is 2. The van der Waals surface area contributed by atoms with E-state index in [9.17, 15) is 9.59 Å². The number of carboxylic acid groups (broad SMARTS) is 1. The Kier molecular flexibility index (Phi) is 5.25. The quantitative estimate of drug-likeness (QED) is 0.788. The summed E-state index contributed by atoms with van der Waals surface area (Å²) in [4.78, 5) is 22.8. The summed E-state index contributed by atoms with van der Waals surface area (Å²) < 4.78 is 10.8. The van der Waals surface area contributed by atoms with Crippen LogP contribution in [0.1, 0.15) is 35.4 Å². The number of rotatable bonds is 7. The van der Waals surface area contributed by atoms with Crippen LogP contribution in [0.2, 0.25) is 0 Å². The zero-order valence-electron chi connectivity index (χ0n) is 14.8. The number of ether oxygens (including phenoxy) is 1. The number of nitrogens with zero attached hydrogens (tertiary/aromatic N) is 1. The highest BCUT2D eigenvalue weighted by Gasteiger charge is 2.35. The minimum Gasteiger partial charge on any atom is -0.489 e. The maximum Gasteiger partial charge on any atom is 0.306 e. The van der Waals surface area contributed by atoms with Crippen molar-refractivity contribution in [2.75, 3.05) is 0 Å². The van der Waals surface area contributed by atoms with Crippen molar-refractivity contribution in [3.63, 3.8) is 0 Å². The molecule has 0 spiro atoms. The molecule has 0 unspecified atom stereocenters. The van der Waals surface area contributed by atoms with Gasteiger partial charge in [-0.3, -0.25) is 9.59 Å². The smallest absolute Gasteiger partial charge is 0.306 e. The van der Waals surface area contributed by atoms with Gasteiger partial charge >= 0.3 is 5.97 Å². The number of amides is 1. The van der Waals surface area contributed by atoms with E-state index in [0.29, 0.717) is 25.2 Å². The summed E-state index contributed by atoms with van der Waals surface area (Å²) >= 11 is 0. The van der Waals surface area contributed by atoms with Crippen LogP contribution in [0.25, 0.3) is 0 Å². The molecule has 1 aliphatic rings. The van der Waals surface area contributed by atoms with Gasteiger partial charge in [-0.1, -0.05) is 17.3 Å². The van der Waals surface area contributed by atoms with Gasteiger partial charge in [0.1, 0.15) is 18.1 Å². The van der Waals surface area contributed by atoms with Crippen LogP contribution in [0.15, 0.2) is 28.8 Å². The third-order valence-corrected chi connectivity index (χ3v) is 4.70. The predicted molar refractivity (Wildman–Crippen MR) is 92.7 cm³/mol. The van der Waals surface area contributed by atoms with Crippen molar-refractivity contribution in [1.82, 2.24) is 10.5 Å². The van der Waals surface area contributed by atoms with Crippen LogP contribution in [0.4, 0.5) is 0 Å². The second-order valence-corrected chi connectivity index (χ2v) is 6.68. The largest absolute Gasteiger partial charge is 0.489 e. The molecular formula is C19H22N2O5. The zero-order chi connectivity index (χ0) is 18.7. The number of aromatic nitrogens is 1. The highest BCUT2D eigenvalue weighted by molar-refractivity contribution is 5.79. The first-order chi connectivity index (χ1) is 12.4.